The van der Waals surface area contributed by atoms with Gasteiger partial charge in [-0.15, -0.1) is 0 Å². The molecule has 3 N–H and O–H groups in total. The molecule has 1 saturated heterocycles. The van der Waals surface area contributed by atoms with Crippen LogP contribution >= 0.6 is 0 Å². The minimum Gasteiger partial charge on any atom is -0.497 e. The fourth-order valence-corrected chi connectivity index (χ4v) is 4.53. The van der Waals surface area contributed by atoms with Crippen molar-refractivity contribution in [2.75, 3.05) is 60.7 Å². The van der Waals surface area contributed by atoms with Crippen molar-refractivity contribution in [3.8, 4) is 11.8 Å². The van der Waals surface area contributed by atoms with Crippen LogP contribution in [0.4, 0.5) is 28.6 Å². The van der Waals surface area contributed by atoms with Crippen molar-refractivity contribution >= 4 is 34.5 Å². The van der Waals surface area contributed by atoms with E-state index >= 15 is 0 Å². The monoisotopic (exact) mass is 525 g/mol. The molecule has 9 nitrogen and oxygen atoms in total. The number of nitrogens with one attached hydrogen (secondary N) is 3. The van der Waals surface area contributed by atoms with E-state index in [9.17, 15) is 10.1 Å². The summed E-state index contributed by atoms with van der Waals surface area (Å²) in [4.78, 5) is 21.4. The summed E-state index contributed by atoms with van der Waals surface area (Å²) in [6, 6.07) is 17.7. The number of carbonyl (C=O) groups excluding carboxylic acids is 1. The first-order valence-electron chi connectivity index (χ1n) is 13.1. The molecule has 1 atom stereocenters. The Labute approximate surface area is 230 Å². The number of hydrogen-bond donors (Lipinski definition) is 3. The average molecular weight is 526 g/mol. The zero-order valence-corrected chi connectivity index (χ0v) is 22.7. The Bertz CT molecular complexity index is 1340. The summed E-state index contributed by atoms with van der Waals surface area (Å²) < 4.78 is 5.25. The zero-order valence-electron chi connectivity index (χ0n) is 22.7. The van der Waals surface area contributed by atoms with E-state index in [1.54, 1.807) is 13.2 Å². The third-order valence-electron chi connectivity index (χ3n) is 6.91. The van der Waals surface area contributed by atoms with E-state index in [1.165, 1.54) is 12.3 Å². The predicted molar refractivity (Wildman–Crippen MR) is 157 cm³/mol. The molecule has 1 aromatic heterocycles. The summed E-state index contributed by atoms with van der Waals surface area (Å²) in [7, 11) is 1.64. The molecule has 0 bridgehead atoms. The molecule has 1 fully saturated rings. The number of piperazine rings is 1. The predicted octanol–water partition coefficient (Wildman–Crippen LogP) is 5.14. The molecule has 1 amide bonds. The number of anilines is 5. The molecule has 0 saturated carbocycles. The average Bonchev–Trinajstić information content (AvgIpc) is 2.98. The minimum atomic E-state index is -0.297. The van der Waals surface area contributed by atoms with Crippen molar-refractivity contribution in [2.45, 2.75) is 19.9 Å². The summed E-state index contributed by atoms with van der Waals surface area (Å²) in [6.07, 6.45) is 2.79. The number of nitriles is 1. The summed E-state index contributed by atoms with van der Waals surface area (Å²) in [5, 5.41) is 19.3. The Kier molecular flexibility index (Phi) is 9.02. The number of amides is 1. The lowest BCUT2D eigenvalue weighted by atomic mass is 10.1. The van der Waals surface area contributed by atoms with Gasteiger partial charge in [-0.1, -0.05) is 25.6 Å². The van der Waals surface area contributed by atoms with Crippen LogP contribution in [0.25, 0.3) is 0 Å². The first-order valence-corrected chi connectivity index (χ1v) is 13.1. The largest absolute Gasteiger partial charge is 0.497 e. The second kappa shape index (κ2) is 12.8. The van der Waals surface area contributed by atoms with Crippen LogP contribution in [-0.4, -0.2) is 55.6 Å². The summed E-state index contributed by atoms with van der Waals surface area (Å²) in [5.41, 5.74) is 4.49. The van der Waals surface area contributed by atoms with Gasteiger partial charge in [-0.2, -0.15) is 5.26 Å². The number of ether oxygens (including phenoxy) is 1. The van der Waals surface area contributed by atoms with E-state index in [0.717, 1.165) is 49.7 Å². The molecule has 9 heteroatoms. The summed E-state index contributed by atoms with van der Waals surface area (Å²) in [5.74, 6) is 1.03. The van der Waals surface area contributed by atoms with Crippen molar-refractivity contribution in [1.29, 1.82) is 5.26 Å². The second-order valence-electron chi connectivity index (χ2n) is 9.34. The van der Waals surface area contributed by atoms with Gasteiger partial charge in [0, 0.05) is 50.2 Å². The topological polar surface area (TPSA) is 106 Å². The lowest BCUT2D eigenvalue weighted by Crippen LogP contribution is -2.46. The van der Waals surface area contributed by atoms with E-state index < -0.39 is 0 Å². The van der Waals surface area contributed by atoms with Crippen LogP contribution in [0, 0.1) is 11.3 Å². The van der Waals surface area contributed by atoms with Crippen LogP contribution in [0.5, 0.6) is 5.75 Å². The molecule has 0 spiro atoms. The van der Waals surface area contributed by atoms with Gasteiger partial charge in [0.25, 0.3) is 0 Å². The molecule has 2 heterocycles. The fourth-order valence-electron chi connectivity index (χ4n) is 4.53. The van der Waals surface area contributed by atoms with Crippen LogP contribution in [0.2, 0.25) is 0 Å². The smallest absolute Gasteiger partial charge is 0.247 e. The quantitative estimate of drug-likeness (QED) is 0.312. The first kappa shape index (κ1) is 27.5. The van der Waals surface area contributed by atoms with Gasteiger partial charge in [0.05, 0.1) is 29.7 Å². The number of aromatic nitrogens is 1. The van der Waals surface area contributed by atoms with E-state index in [1.807, 2.05) is 49.4 Å². The third-order valence-corrected chi connectivity index (χ3v) is 6.91. The molecule has 39 heavy (non-hydrogen) atoms. The highest BCUT2D eigenvalue weighted by Crippen LogP contribution is 2.32. The molecule has 0 aliphatic carbocycles. The molecule has 2 aromatic carbocycles. The Balaban J connectivity index is 1.57. The number of rotatable bonds is 10. The normalized spacial score (nSPS) is 14.2. The molecular weight excluding hydrogens is 490 g/mol. The molecule has 3 aromatic rings. The maximum absolute atomic E-state index is 12.2. The number of methoxy groups -OCH3 is 1. The Morgan fingerprint density at radius 3 is 2.51 bits per heavy atom. The lowest BCUT2D eigenvalue weighted by molar-refractivity contribution is -0.111. The lowest BCUT2D eigenvalue weighted by Gasteiger charge is -2.35. The van der Waals surface area contributed by atoms with Crippen molar-refractivity contribution in [3.05, 3.63) is 78.5 Å². The van der Waals surface area contributed by atoms with Gasteiger partial charge in [-0.25, -0.2) is 4.98 Å². The molecule has 1 unspecified atom stereocenters. The number of likely N-dealkylation sites (N-methyl/N-ethyl adjacent to an activating group) is 1. The van der Waals surface area contributed by atoms with Crippen LogP contribution in [-0.2, 0) is 4.79 Å². The van der Waals surface area contributed by atoms with Gasteiger partial charge < -0.3 is 30.5 Å². The van der Waals surface area contributed by atoms with Crippen LogP contribution in [0.1, 0.15) is 31.0 Å². The van der Waals surface area contributed by atoms with Crippen molar-refractivity contribution in [1.82, 2.24) is 9.88 Å². The highest BCUT2D eigenvalue weighted by Gasteiger charge is 2.18. The van der Waals surface area contributed by atoms with Crippen LogP contribution in [0.3, 0.4) is 0 Å². The Morgan fingerprint density at radius 1 is 1.13 bits per heavy atom. The van der Waals surface area contributed by atoms with E-state index in [4.69, 9.17) is 4.74 Å². The highest BCUT2D eigenvalue weighted by atomic mass is 16.5. The van der Waals surface area contributed by atoms with Gasteiger partial charge in [0.1, 0.15) is 17.6 Å². The molecule has 202 valence electrons. The van der Waals surface area contributed by atoms with Gasteiger partial charge >= 0.3 is 0 Å². The molecule has 0 radical (unpaired) electrons. The maximum Gasteiger partial charge on any atom is 0.247 e. The van der Waals surface area contributed by atoms with E-state index in [2.05, 4.69) is 50.3 Å². The van der Waals surface area contributed by atoms with Crippen molar-refractivity contribution in [3.63, 3.8) is 0 Å². The number of nitrogens with zero attached hydrogens (tertiary/aromatic N) is 4. The second-order valence-corrected chi connectivity index (χ2v) is 9.34. The number of pyridine rings is 1. The minimum absolute atomic E-state index is 0.0619. The SMILES string of the molecule is C=CC(=O)Nc1cc(N2CCN(CC)CC2)ccc1Nc1cc(NC(C)c2ccc(OC)cc2)c(C#N)cn1. The summed E-state index contributed by atoms with van der Waals surface area (Å²) >= 11 is 0. The fraction of sp³-hybridized carbons (Fsp3) is 0.300. The number of benzene rings is 2. The van der Waals surface area contributed by atoms with Crippen molar-refractivity contribution in [2.24, 2.45) is 0 Å². The van der Waals surface area contributed by atoms with Crippen LogP contribution < -0.4 is 25.6 Å². The molecule has 1 aliphatic rings. The number of hydrogen-bond acceptors (Lipinski definition) is 8. The summed E-state index contributed by atoms with van der Waals surface area (Å²) in [6.45, 7) is 12.7. The van der Waals surface area contributed by atoms with Crippen molar-refractivity contribution < 1.29 is 9.53 Å². The third kappa shape index (κ3) is 6.86. The maximum atomic E-state index is 12.2. The van der Waals surface area contributed by atoms with Gasteiger partial charge in [0.15, 0.2) is 0 Å². The van der Waals surface area contributed by atoms with E-state index in [0.29, 0.717) is 28.4 Å². The first-order chi connectivity index (χ1) is 18.9. The van der Waals surface area contributed by atoms with Crippen LogP contribution in [0.15, 0.2) is 67.4 Å². The molecule has 1 aliphatic heterocycles. The molecular formula is C30H35N7O2. The van der Waals surface area contributed by atoms with Gasteiger partial charge in [-0.3, -0.25) is 4.79 Å². The van der Waals surface area contributed by atoms with E-state index in [-0.39, 0.29) is 11.9 Å². The Hall–Kier alpha value is -4.55. The standard InChI is InChI=1S/C30H35N7O2/c1-5-30(38)35-28-17-24(37-15-13-36(6-2)14-16-37)9-12-26(28)34-29-18-27(23(19-31)20-32-29)33-21(3)22-7-10-25(39-4)11-8-22/h5,7-12,17-18,20-21H,1,6,13-16H2,2-4H3,(H,35,38)(H2,32,33,34). The highest BCUT2D eigenvalue weighted by molar-refractivity contribution is 6.02. The zero-order chi connectivity index (χ0) is 27.8. The molecule has 4 rings (SSSR count). The number of carbonyl (C=O) groups is 1. The van der Waals surface area contributed by atoms with Gasteiger partial charge in [0.2, 0.25) is 5.91 Å². The Morgan fingerprint density at radius 2 is 1.87 bits per heavy atom. The van der Waals surface area contributed by atoms with Gasteiger partial charge in [-0.05, 0) is 55.4 Å².